The van der Waals surface area contributed by atoms with Crippen LogP contribution < -0.4 is 4.90 Å². The quantitative estimate of drug-likeness (QED) is 0.702. The zero-order valence-corrected chi connectivity index (χ0v) is 9.73. The molecule has 0 amide bonds. The van der Waals surface area contributed by atoms with E-state index in [0.717, 1.165) is 19.0 Å². The van der Waals surface area contributed by atoms with Crippen molar-refractivity contribution in [3.8, 4) is 0 Å². The van der Waals surface area contributed by atoms with E-state index in [1.807, 2.05) is 6.07 Å². The molecule has 2 atom stereocenters. The van der Waals surface area contributed by atoms with Crippen molar-refractivity contribution in [1.82, 2.24) is 9.97 Å². The Morgan fingerprint density at radius 2 is 2.38 bits per heavy atom. The molecule has 86 valence electrons. The summed E-state index contributed by atoms with van der Waals surface area (Å²) in [6, 6.07) is 2.40. The van der Waals surface area contributed by atoms with Crippen molar-refractivity contribution in [2.75, 3.05) is 18.1 Å². The summed E-state index contributed by atoms with van der Waals surface area (Å²) in [5.74, 6) is 0.931. The molecule has 0 bridgehead atoms. The van der Waals surface area contributed by atoms with Gasteiger partial charge in [-0.05, 0) is 36.9 Å². The molecule has 2 aliphatic rings. The average Bonchev–Trinajstić information content (AvgIpc) is 2.76. The van der Waals surface area contributed by atoms with E-state index in [0.29, 0.717) is 17.4 Å². The Morgan fingerprint density at radius 1 is 1.44 bits per heavy atom. The molecule has 16 heavy (non-hydrogen) atoms. The molecule has 0 spiro atoms. The van der Waals surface area contributed by atoms with Crippen molar-refractivity contribution in [2.24, 2.45) is 0 Å². The molecular weight excluding hydrogens is 226 g/mol. The van der Waals surface area contributed by atoms with E-state index in [1.54, 1.807) is 6.20 Å². The smallest absolute Gasteiger partial charge is 0.224 e. The van der Waals surface area contributed by atoms with Crippen molar-refractivity contribution in [3.63, 3.8) is 0 Å². The number of hydrogen-bond acceptors (Lipinski definition) is 4. The molecule has 2 fully saturated rings. The molecule has 1 aromatic heterocycles. The Morgan fingerprint density at radius 3 is 3.25 bits per heavy atom. The first-order valence-electron chi connectivity index (χ1n) is 5.71. The second-order valence-electron chi connectivity index (χ2n) is 4.28. The maximum Gasteiger partial charge on any atom is 0.224 e. The number of ether oxygens (including phenoxy) is 1. The number of anilines is 1. The molecule has 5 heteroatoms. The minimum atomic E-state index is 0.318. The third-order valence-electron chi connectivity index (χ3n) is 3.39. The molecule has 4 nitrogen and oxygen atoms in total. The lowest BCUT2D eigenvalue weighted by atomic mass is 10.1. The Balaban J connectivity index is 1.88. The van der Waals surface area contributed by atoms with E-state index in [9.17, 15) is 0 Å². The molecule has 2 unspecified atom stereocenters. The van der Waals surface area contributed by atoms with Crippen LogP contribution in [0.1, 0.15) is 19.3 Å². The van der Waals surface area contributed by atoms with Crippen LogP contribution in [0.4, 0.5) is 5.82 Å². The topological polar surface area (TPSA) is 38.2 Å². The van der Waals surface area contributed by atoms with Crippen LogP contribution in [0.2, 0.25) is 5.28 Å². The van der Waals surface area contributed by atoms with E-state index in [-0.39, 0.29) is 0 Å². The van der Waals surface area contributed by atoms with Gasteiger partial charge in [0.15, 0.2) is 0 Å². The fourth-order valence-electron chi connectivity index (χ4n) is 2.70. The average molecular weight is 240 g/mol. The van der Waals surface area contributed by atoms with Gasteiger partial charge in [0.1, 0.15) is 5.82 Å². The lowest BCUT2D eigenvalue weighted by Crippen LogP contribution is -2.49. The van der Waals surface area contributed by atoms with Crippen LogP contribution in [0.25, 0.3) is 0 Å². The molecule has 2 heterocycles. The zero-order chi connectivity index (χ0) is 11.0. The molecule has 1 saturated heterocycles. The number of rotatable bonds is 1. The normalized spacial score (nSPS) is 29.2. The fourth-order valence-corrected chi connectivity index (χ4v) is 2.84. The predicted molar refractivity (Wildman–Crippen MR) is 61.8 cm³/mol. The van der Waals surface area contributed by atoms with Gasteiger partial charge in [-0.1, -0.05) is 0 Å². The van der Waals surface area contributed by atoms with E-state index in [1.165, 1.54) is 19.3 Å². The highest BCUT2D eigenvalue weighted by molar-refractivity contribution is 6.28. The summed E-state index contributed by atoms with van der Waals surface area (Å²) in [6.45, 7) is 1.68. The van der Waals surface area contributed by atoms with E-state index in [2.05, 4.69) is 14.9 Å². The van der Waals surface area contributed by atoms with Crippen molar-refractivity contribution >= 4 is 17.4 Å². The zero-order valence-electron chi connectivity index (χ0n) is 8.97. The van der Waals surface area contributed by atoms with Gasteiger partial charge in [0, 0.05) is 12.7 Å². The van der Waals surface area contributed by atoms with Crippen LogP contribution in [-0.4, -0.2) is 35.3 Å². The molecule has 3 rings (SSSR count). The summed E-state index contributed by atoms with van der Waals surface area (Å²) in [5.41, 5.74) is 0. The van der Waals surface area contributed by atoms with Crippen molar-refractivity contribution in [2.45, 2.75) is 31.4 Å². The van der Waals surface area contributed by atoms with Gasteiger partial charge in [0.05, 0.1) is 18.8 Å². The van der Waals surface area contributed by atoms with Crippen molar-refractivity contribution in [3.05, 3.63) is 17.5 Å². The molecule has 1 saturated carbocycles. The van der Waals surface area contributed by atoms with Gasteiger partial charge in [-0.25, -0.2) is 9.97 Å². The van der Waals surface area contributed by atoms with Gasteiger partial charge in [-0.15, -0.1) is 0 Å². The van der Waals surface area contributed by atoms with Gasteiger partial charge in [-0.2, -0.15) is 0 Å². The second-order valence-corrected chi connectivity index (χ2v) is 4.62. The number of aromatic nitrogens is 2. The highest BCUT2D eigenvalue weighted by Crippen LogP contribution is 2.32. The molecule has 0 radical (unpaired) electrons. The van der Waals surface area contributed by atoms with Crippen LogP contribution in [0.15, 0.2) is 12.3 Å². The maximum absolute atomic E-state index is 5.83. The second kappa shape index (κ2) is 4.18. The molecule has 0 aromatic carbocycles. The third kappa shape index (κ3) is 1.76. The monoisotopic (exact) mass is 239 g/mol. The summed E-state index contributed by atoms with van der Waals surface area (Å²) in [6.07, 6.45) is 5.68. The van der Waals surface area contributed by atoms with Crippen LogP contribution in [0.3, 0.4) is 0 Å². The lowest BCUT2D eigenvalue weighted by Gasteiger charge is -2.38. The van der Waals surface area contributed by atoms with Gasteiger partial charge in [0.2, 0.25) is 5.28 Å². The van der Waals surface area contributed by atoms with Crippen LogP contribution >= 0.6 is 11.6 Å². The minimum absolute atomic E-state index is 0.318. The first-order chi connectivity index (χ1) is 7.84. The van der Waals surface area contributed by atoms with Crippen LogP contribution in [0, 0.1) is 0 Å². The first kappa shape index (κ1) is 10.3. The Hall–Kier alpha value is -0.870. The molecular formula is C11H14ClN3O. The SMILES string of the molecule is Clc1nccc(N2CCOC3CCCC32)n1. The molecule has 1 aliphatic carbocycles. The van der Waals surface area contributed by atoms with Crippen LogP contribution in [-0.2, 0) is 4.74 Å². The van der Waals surface area contributed by atoms with E-state index < -0.39 is 0 Å². The Labute approximate surface area is 99.6 Å². The van der Waals surface area contributed by atoms with Gasteiger partial charge in [-0.3, -0.25) is 0 Å². The van der Waals surface area contributed by atoms with Crippen LogP contribution in [0.5, 0.6) is 0 Å². The van der Waals surface area contributed by atoms with Gasteiger partial charge in [0.25, 0.3) is 0 Å². The molecule has 1 aromatic rings. The Kier molecular flexibility index (Phi) is 2.69. The number of nitrogens with zero attached hydrogens (tertiary/aromatic N) is 3. The maximum atomic E-state index is 5.83. The van der Waals surface area contributed by atoms with Crippen molar-refractivity contribution < 1.29 is 4.74 Å². The highest BCUT2D eigenvalue weighted by atomic mass is 35.5. The minimum Gasteiger partial charge on any atom is -0.374 e. The van der Waals surface area contributed by atoms with Gasteiger partial charge < -0.3 is 9.64 Å². The summed E-state index contributed by atoms with van der Waals surface area (Å²) >= 11 is 5.83. The summed E-state index contributed by atoms with van der Waals surface area (Å²) in [4.78, 5) is 10.5. The third-order valence-corrected chi connectivity index (χ3v) is 3.57. The Bertz CT molecular complexity index is 387. The predicted octanol–water partition coefficient (Wildman–Crippen LogP) is 1.89. The van der Waals surface area contributed by atoms with Gasteiger partial charge >= 0.3 is 0 Å². The van der Waals surface area contributed by atoms with Crippen molar-refractivity contribution in [1.29, 1.82) is 0 Å². The first-order valence-corrected chi connectivity index (χ1v) is 6.09. The summed E-state index contributed by atoms with van der Waals surface area (Å²) in [5, 5.41) is 0.318. The highest BCUT2D eigenvalue weighted by Gasteiger charge is 2.36. The lowest BCUT2D eigenvalue weighted by molar-refractivity contribution is 0.0253. The standard InChI is InChI=1S/C11H14ClN3O/c12-11-13-5-4-10(14-11)15-6-7-16-9-3-1-2-8(9)15/h4-5,8-9H,1-3,6-7H2. The molecule has 0 N–H and O–H groups in total. The van der Waals surface area contributed by atoms with E-state index in [4.69, 9.17) is 16.3 Å². The fraction of sp³-hybridized carbons (Fsp3) is 0.636. The summed E-state index contributed by atoms with van der Waals surface area (Å²) in [7, 11) is 0. The molecule has 1 aliphatic heterocycles. The summed E-state index contributed by atoms with van der Waals surface area (Å²) < 4.78 is 5.77. The number of morpholine rings is 1. The number of halogens is 1. The van der Waals surface area contributed by atoms with E-state index >= 15 is 0 Å². The number of hydrogen-bond donors (Lipinski definition) is 0. The largest absolute Gasteiger partial charge is 0.374 e. The number of fused-ring (bicyclic) bond motifs is 1.